The molecule has 9 heteroatoms. The van der Waals surface area contributed by atoms with Crippen molar-refractivity contribution in [3.63, 3.8) is 0 Å². The van der Waals surface area contributed by atoms with E-state index in [1.165, 1.54) is 5.56 Å². The van der Waals surface area contributed by atoms with E-state index < -0.39 is 21.8 Å². The second-order valence-corrected chi connectivity index (χ2v) is 9.52. The number of piperidine rings is 1. The van der Waals surface area contributed by atoms with E-state index in [0.29, 0.717) is 25.5 Å². The molecular formula is C22H25F3N2O3S. The fourth-order valence-electron chi connectivity index (χ4n) is 3.63. The summed E-state index contributed by atoms with van der Waals surface area (Å²) in [5, 5.41) is 2.90. The van der Waals surface area contributed by atoms with Crippen molar-refractivity contribution in [3.8, 4) is 0 Å². The maximum Gasteiger partial charge on any atom is 0.416 e. The molecule has 2 aromatic carbocycles. The summed E-state index contributed by atoms with van der Waals surface area (Å²) in [5.74, 6) is -0.408. The number of hydrogen-bond donors (Lipinski definition) is 1. The van der Waals surface area contributed by atoms with Gasteiger partial charge in [0.1, 0.15) is 0 Å². The Morgan fingerprint density at radius 3 is 2.35 bits per heavy atom. The van der Waals surface area contributed by atoms with Gasteiger partial charge < -0.3 is 5.32 Å². The van der Waals surface area contributed by atoms with E-state index in [-0.39, 0.29) is 29.8 Å². The van der Waals surface area contributed by atoms with Crippen LogP contribution < -0.4 is 5.32 Å². The van der Waals surface area contributed by atoms with Gasteiger partial charge in [-0.15, -0.1) is 0 Å². The molecule has 2 aromatic rings. The Balaban J connectivity index is 1.50. The van der Waals surface area contributed by atoms with Crippen molar-refractivity contribution in [1.82, 2.24) is 9.62 Å². The summed E-state index contributed by atoms with van der Waals surface area (Å²) in [6.07, 6.45) is -2.28. The molecule has 0 spiro atoms. The summed E-state index contributed by atoms with van der Waals surface area (Å²) < 4.78 is 65.4. The number of rotatable bonds is 7. The molecule has 0 radical (unpaired) electrons. The van der Waals surface area contributed by atoms with Gasteiger partial charge in [-0.25, -0.2) is 8.42 Å². The third-order valence-corrected chi connectivity index (χ3v) is 7.30. The van der Waals surface area contributed by atoms with Gasteiger partial charge in [0.2, 0.25) is 15.9 Å². The first-order valence-corrected chi connectivity index (χ1v) is 11.6. The van der Waals surface area contributed by atoms with Crippen LogP contribution in [0.15, 0.2) is 59.5 Å². The maximum atomic E-state index is 12.9. The summed E-state index contributed by atoms with van der Waals surface area (Å²) in [5.41, 5.74) is 0.197. The summed E-state index contributed by atoms with van der Waals surface area (Å²) in [7, 11) is -4.04. The van der Waals surface area contributed by atoms with Crippen molar-refractivity contribution in [3.05, 3.63) is 65.7 Å². The molecule has 3 rings (SSSR count). The lowest BCUT2D eigenvalue weighted by molar-refractivity contribution is -0.137. The van der Waals surface area contributed by atoms with Gasteiger partial charge in [-0.1, -0.05) is 36.4 Å². The SMILES string of the molecule is O=C(NCCCc1ccccc1)C1CCN(S(=O)(=O)c2cccc(C(F)(F)F)c2)CC1. The molecular weight excluding hydrogens is 429 g/mol. The number of nitrogens with one attached hydrogen (secondary N) is 1. The van der Waals surface area contributed by atoms with Gasteiger partial charge in [-0.05, 0) is 49.4 Å². The van der Waals surface area contributed by atoms with Crippen LogP contribution in [0.25, 0.3) is 0 Å². The highest BCUT2D eigenvalue weighted by molar-refractivity contribution is 7.89. The number of alkyl halides is 3. The molecule has 0 bridgehead atoms. The van der Waals surface area contributed by atoms with E-state index >= 15 is 0 Å². The molecule has 0 aromatic heterocycles. The number of benzene rings is 2. The Kier molecular flexibility index (Phi) is 7.38. The Hall–Kier alpha value is -2.39. The lowest BCUT2D eigenvalue weighted by atomic mass is 9.97. The summed E-state index contributed by atoms with van der Waals surface area (Å²) in [4.78, 5) is 12.0. The first-order valence-electron chi connectivity index (χ1n) is 10.2. The second-order valence-electron chi connectivity index (χ2n) is 7.58. The zero-order valence-corrected chi connectivity index (χ0v) is 17.8. The molecule has 1 N–H and O–H groups in total. The normalized spacial score (nSPS) is 16.2. The van der Waals surface area contributed by atoms with Gasteiger partial charge in [-0.2, -0.15) is 17.5 Å². The number of sulfonamides is 1. The molecule has 31 heavy (non-hydrogen) atoms. The van der Waals surface area contributed by atoms with Gasteiger partial charge in [-0.3, -0.25) is 4.79 Å². The average molecular weight is 455 g/mol. The Labute approximate surface area is 180 Å². The molecule has 5 nitrogen and oxygen atoms in total. The number of hydrogen-bond acceptors (Lipinski definition) is 3. The molecule has 1 amide bonds. The van der Waals surface area contributed by atoms with Crippen molar-refractivity contribution in [2.75, 3.05) is 19.6 Å². The molecule has 1 aliphatic heterocycles. The first kappa shape index (κ1) is 23.3. The van der Waals surface area contributed by atoms with Crippen molar-refractivity contribution in [1.29, 1.82) is 0 Å². The number of aryl methyl sites for hydroxylation is 1. The van der Waals surface area contributed by atoms with Crippen molar-refractivity contribution in [2.45, 2.75) is 36.8 Å². The predicted molar refractivity (Wildman–Crippen MR) is 111 cm³/mol. The fourth-order valence-corrected chi connectivity index (χ4v) is 5.15. The molecule has 168 valence electrons. The number of carbonyl (C=O) groups excluding carboxylic acids is 1. The number of nitrogens with zero attached hydrogens (tertiary/aromatic N) is 1. The van der Waals surface area contributed by atoms with Crippen LogP contribution >= 0.6 is 0 Å². The molecule has 1 saturated heterocycles. The summed E-state index contributed by atoms with van der Waals surface area (Å²) in [6.45, 7) is 0.734. The topological polar surface area (TPSA) is 66.5 Å². The van der Waals surface area contributed by atoms with Gasteiger partial charge >= 0.3 is 6.18 Å². The molecule has 0 saturated carbocycles. The van der Waals surface area contributed by atoms with Gasteiger partial charge in [0.15, 0.2) is 0 Å². The van der Waals surface area contributed by atoms with Crippen LogP contribution in [0.4, 0.5) is 13.2 Å². The van der Waals surface area contributed by atoms with Crippen LogP contribution in [-0.4, -0.2) is 38.3 Å². The van der Waals surface area contributed by atoms with Crippen LogP contribution in [0.5, 0.6) is 0 Å². The zero-order valence-electron chi connectivity index (χ0n) is 16.9. The Morgan fingerprint density at radius 2 is 1.71 bits per heavy atom. The minimum absolute atomic E-state index is 0.0979. The van der Waals surface area contributed by atoms with Crippen LogP contribution in [0.2, 0.25) is 0 Å². The van der Waals surface area contributed by atoms with Crippen molar-refractivity contribution in [2.24, 2.45) is 5.92 Å². The molecule has 1 fully saturated rings. The van der Waals surface area contributed by atoms with E-state index in [9.17, 15) is 26.4 Å². The molecule has 1 heterocycles. The van der Waals surface area contributed by atoms with E-state index in [0.717, 1.165) is 35.3 Å². The van der Waals surface area contributed by atoms with Crippen LogP contribution in [0.1, 0.15) is 30.4 Å². The third kappa shape index (κ3) is 6.07. The predicted octanol–water partition coefficient (Wildman–Crippen LogP) is 3.86. The zero-order chi connectivity index (χ0) is 22.5. The van der Waals surface area contributed by atoms with E-state index in [1.807, 2.05) is 30.3 Å². The first-order chi connectivity index (χ1) is 14.7. The van der Waals surface area contributed by atoms with Gasteiger partial charge in [0, 0.05) is 25.6 Å². The van der Waals surface area contributed by atoms with Crippen LogP contribution in [-0.2, 0) is 27.4 Å². The Bertz CT molecular complexity index is 987. The van der Waals surface area contributed by atoms with Gasteiger partial charge in [0.05, 0.1) is 10.5 Å². The van der Waals surface area contributed by atoms with E-state index in [4.69, 9.17) is 0 Å². The monoisotopic (exact) mass is 454 g/mol. The second kappa shape index (κ2) is 9.82. The van der Waals surface area contributed by atoms with Crippen molar-refractivity contribution < 1.29 is 26.4 Å². The molecule has 0 unspecified atom stereocenters. The lowest BCUT2D eigenvalue weighted by Gasteiger charge is -2.30. The minimum Gasteiger partial charge on any atom is -0.356 e. The highest BCUT2D eigenvalue weighted by Gasteiger charge is 2.35. The third-order valence-electron chi connectivity index (χ3n) is 5.41. The highest BCUT2D eigenvalue weighted by Crippen LogP contribution is 2.32. The average Bonchev–Trinajstić information content (AvgIpc) is 2.77. The van der Waals surface area contributed by atoms with Gasteiger partial charge in [0.25, 0.3) is 0 Å². The summed E-state index contributed by atoms with van der Waals surface area (Å²) >= 11 is 0. The molecule has 0 atom stereocenters. The largest absolute Gasteiger partial charge is 0.416 e. The van der Waals surface area contributed by atoms with E-state index in [2.05, 4.69) is 5.32 Å². The fraction of sp³-hybridized carbons (Fsp3) is 0.409. The minimum atomic E-state index is -4.61. The molecule has 1 aliphatic rings. The molecule has 0 aliphatic carbocycles. The van der Waals surface area contributed by atoms with Crippen LogP contribution in [0, 0.1) is 5.92 Å². The smallest absolute Gasteiger partial charge is 0.356 e. The number of halogens is 3. The lowest BCUT2D eigenvalue weighted by Crippen LogP contribution is -2.43. The highest BCUT2D eigenvalue weighted by atomic mass is 32.2. The Morgan fingerprint density at radius 1 is 1.03 bits per heavy atom. The van der Waals surface area contributed by atoms with Crippen LogP contribution in [0.3, 0.4) is 0 Å². The number of carbonyl (C=O) groups is 1. The standard InChI is InChI=1S/C22H25F3N2O3S/c23-22(24,25)19-9-4-10-20(16-19)31(29,30)27-14-11-18(12-15-27)21(28)26-13-5-8-17-6-2-1-3-7-17/h1-4,6-7,9-10,16,18H,5,8,11-15H2,(H,26,28). The van der Waals surface area contributed by atoms with Crippen molar-refractivity contribution >= 4 is 15.9 Å². The maximum absolute atomic E-state index is 12.9. The quantitative estimate of drug-likeness (QED) is 0.647. The number of amides is 1. The van der Waals surface area contributed by atoms with E-state index in [1.54, 1.807) is 0 Å². The summed E-state index contributed by atoms with van der Waals surface area (Å²) in [6, 6.07) is 13.7.